The van der Waals surface area contributed by atoms with Crippen molar-refractivity contribution in [3.05, 3.63) is 32.5 Å². The first-order chi connectivity index (χ1) is 7.27. The Morgan fingerprint density at radius 2 is 2.07 bits per heavy atom. The minimum absolute atomic E-state index is 0.681. The largest absolute Gasteiger partial charge is 0.243 e. The molecule has 0 amide bonds. The fraction of sp³-hybridized carbons (Fsp3) is 0.417. The Kier molecular flexibility index (Phi) is 2.37. The van der Waals surface area contributed by atoms with Crippen LogP contribution in [0.3, 0.4) is 0 Å². The molecule has 0 bridgehead atoms. The zero-order chi connectivity index (χ0) is 10.4. The van der Waals surface area contributed by atoms with Crippen molar-refractivity contribution in [1.29, 1.82) is 0 Å². The van der Waals surface area contributed by atoms with E-state index in [4.69, 9.17) is 11.6 Å². The maximum Gasteiger partial charge on any atom is 0.136 e. The first-order valence-electron chi connectivity index (χ1n) is 5.31. The second kappa shape index (κ2) is 3.60. The van der Waals surface area contributed by atoms with Crippen molar-refractivity contribution < 1.29 is 0 Å². The lowest BCUT2D eigenvalue weighted by molar-refractivity contribution is 0.711. The summed E-state index contributed by atoms with van der Waals surface area (Å²) in [4.78, 5) is 4.23. The number of nitrogens with zero attached hydrogens (tertiary/aromatic N) is 1. The van der Waals surface area contributed by atoms with Crippen LogP contribution < -0.4 is 0 Å². The standard InChI is InChI=1S/C12H11BrClN/c13-10-6-15-12(14)11-8-4-2-1-3-7(8)5-9(10)11/h6H,1-5H2. The Balaban J connectivity index is 2.20. The van der Waals surface area contributed by atoms with Crippen molar-refractivity contribution in [2.75, 3.05) is 0 Å². The number of halogens is 2. The van der Waals surface area contributed by atoms with Crippen LogP contribution in [0.2, 0.25) is 5.15 Å². The zero-order valence-corrected chi connectivity index (χ0v) is 10.7. The van der Waals surface area contributed by atoms with Gasteiger partial charge < -0.3 is 0 Å². The molecule has 0 atom stereocenters. The van der Waals surface area contributed by atoms with Gasteiger partial charge >= 0.3 is 0 Å². The summed E-state index contributed by atoms with van der Waals surface area (Å²) in [7, 11) is 0. The highest BCUT2D eigenvalue weighted by molar-refractivity contribution is 9.10. The summed E-state index contributed by atoms with van der Waals surface area (Å²) in [5.41, 5.74) is 5.64. The van der Waals surface area contributed by atoms with Crippen LogP contribution in [-0.2, 0) is 6.42 Å². The Bertz CT molecular complexity index is 465. The Morgan fingerprint density at radius 1 is 1.27 bits per heavy atom. The summed E-state index contributed by atoms with van der Waals surface area (Å²) in [6.45, 7) is 0. The predicted octanol–water partition coefficient (Wildman–Crippen LogP) is 4.38. The quantitative estimate of drug-likeness (QED) is 0.644. The molecule has 1 aromatic heterocycles. The number of fused-ring (bicyclic) bond motifs is 2. The van der Waals surface area contributed by atoms with E-state index in [2.05, 4.69) is 20.9 Å². The molecule has 0 saturated carbocycles. The van der Waals surface area contributed by atoms with Gasteiger partial charge in [-0.3, -0.25) is 0 Å². The van der Waals surface area contributed by atoms with Crippen LogP contribution in [0.4, 0.5) is 0 Å². The van der Waals surface area contributed by atoms with Crippen LogP contribution in [0.1, 0.15) is 36.8 Å². The van der Waals surface area contributed by atoms with Gasteiger partial charge in [0.25, 0.3) is 0 Å². The van der Waals surface area contributed by atoms with Gasteiger partial charge in [-0.25, -0.2) is 4.98 Å². The molecule has 1 heterocycles. The lowest BCUT2D eigenvalue weighted by atomic mass is 9.92. The molecule has 0 radical (unpaired) electrons. The van der Waals surface area contributed by atoms with Gasteiger partial charge in [-0.05, 0) is 59.2 Å². The van der Waals surface area contributed by atoms with E-state index in [0.29, 0.717) is 5.15 Å². The average Bonchev–Trinajstić information content (AvgIpc) is 2.64. The molecule has 15 heavy (non-hydrogen) atoms. The third-order valence-corrected chi connectivity index (χ3v) is 4.33. The van der Waals surface area contributed by atoms with Crippen LogP contribution in [0.5, 0.6) is 0 Å². The first kappa shape index (κ1) is 9.86. The van der Waals surface area contributed by atoms with Crippen molar-refractivity contribution in [3.63, 3.8) is 0 Å². The van der Waals surface area contributed by atoms with Crippen molar-refractivity contribution in [3.8, 4) is 0 Å². The smallest absolute Gasteiger partial charge is 0.136 e. The van der Waals surface area contributed by atoms with E-state index in [9.17, 15) is 0 Å². The maximum absolute atomic E-state index is 6.20. The second-order valence-electron chi connectivity index (χ2n) is 4.22. The van der Waals surface area contributed by atoms with Crippen molar-refractivity contribution in [2.24, 2.45) is 0 Å². The molecule has 0 saturated heterocycles. The normalized spacial score (nSPS) is 19.1. The molecule has 2 aliphatic rings. The fourth-order valence-electron chi connectivity index (χ4n) is 2.66. The van der Waals surface area contributed by atoms with Gasteiger partial charge in [0.15, 0.2) is 0 Å². The number of hydrogen-bond acceptors (Lipinski definition) is 1. The minimum atomic E-state index is 0.681. The SMILES string of the molecule is Clc1ncc(Br)c2c1C1=C(CCCC1)C2. The molecule has 0 spiro atoms. The lowest BCUT2D eigenvalue weighted by Gasteiger charge is -2.14. The summed E-state index contributed by atoms with van der Waals surface area (Å²) in [6, 6.07) is 0. The van der Waals surface area contributed by atoms with Gasteiger partial charge in [0.05, 0.1) is 0 Å². The lowest BCUT2D eigenvalue weighted by Crippen LogP contribution is -1.94. The van der Waals surface area contributed by atoms with Gasteiger partial charge in [-0.1, -0.05) is 17.2 Å². The monoisotopic (exact) mass is 283 g/mol. The Morgan fingerprint density at radius 3 is 2.93 bits per heavy atom. The van der Waals surface area contributed by atoms with Gasteiger partial charge in [0.2, 0.25) is 0 Å². The number of hydrogen-bond donors (Lipinski definition) is 0. The van der Waals surface area contributed by atoms with Crippen LogP contribution >= 0.6 is 27.5 Å². The molecular formula is C12H11BrClN. The Labute approximate surface area is 103 Å². The summed E-state index contributed by atoms with van der Waals surface area (Å²) in [5.74, 6) is 0. The molecule has 3 heteroatoms. The van der Waals surface area contributed by atoms with E-state index in [1.54, 1.807) is 5.57 Å². The zero-order valence-electron chi connectivity index (χ0n) is 8.32. The first-order valence-corrected chi connectivity index (χ1v) is 6.48. The number of rotatable bonds is 0. The highest BCUT2D eigenvalue weighted by Crippen LogP contribution is 2.45. The van der Waals surface area contributed by atoms with E-state index in [1.165, 1.54) is 42.4 Å². The van der Waals surface area contributed by atoms with Gasteiger partial charge in [0, 0.05) is 16.2 Å². The molecule has 0 aromatic carbocycles. The second-order valence-corrected chi connectivity index (χ2v) is 5.43. The highest BCUT2D eigenvalue weighted by Gasteiger charge is 2.27. The number of pyridine rings is 1. The summed E-state index contributed by atoms with van der Waals surface area (Å²) < 4.78 is 1.11. The molecule has 78 valence electrons. The minimum Gasteiger partial charge on any atom is -0.243 e. The topological polar surface area (TPSA) is 12.9 Å². The number of aromatic nitrogens is 1. The number of allylic oxidation sites excluding steroid dienone is 2. The van der Waals surface area contributed by atoms with E-state index >= 15 is 0 Å². The molecule has 3 rings (SSSR count). The third kappa shape index (κ3) is 1.46. The third-order valence-electron chi connectivity index (χ3n) is 3.36. The van der Waals surface area contributed by atoms with Crippen molar-refractivity contribution in [2.45, 2.75) is 32.1 Å². The molecule has 2 aliphatic carbocycles. The molecule has 0 aliphatic heterocycles. The van der Waals surface area contributed by atoms with Gasteiger partial charge in [-0.2, -0.15) is 0 Å². The van der Waals surface area contributed by atoms with E-state index < -0.39 is 0 Å². The van der Waals surface area contributed by atoms with Crippen LogP contribution in [0.15, 0.2) is 16.2 Å². The summed E-state index contributed by atoms with van der Waals surface area (Å²) >= 11 is 9.76. The Hall–Kier alpha value is -0.340. The molecule has 0 N–H and O–H groups in total. The maximum atomic E-state index is 6.20. The summed E-state index contributed by atoms with van der Waals surface area (Å²) in [6.07, 6.45) is 7.94. The van der Waals surface area contributed by atoms with Crippen LogP contribution in [0.25, 0.3) is 5.57 Å². The van der Waals surface area contributed by atoms with Crippen LogP contribution in [0, 0.1) is 0 Å². The molecule has 0 unspecified atom stereocenters. The predicted molar refractivity (Wildman–Crippen MR) is 66.0 cm³/mol. The van der Waals surface area contributed by atoms with Gasteiger partial charge in [0.1, 0.15) is 5.15 Å². The van der Waals surface area contributed by atoms with Crippen molar-refractivity contribution in [1.82, 2.24) is 4.98 Å². The highest BCUT2D eigenvalue weighted by atomic mass is 79.9. The van der Waals surface area contributed by atoms with Gasteiger partial charge in [-0.15, -0.1) is 0 Å². The summed E-state index contributed by atoms with van der Waals surface area (Å²) in [5, 5.41) is 0.681. The van der Waals surface area contributed by atoms with Crippen molar-refractivity contribution >= 4 is 33.1 Å². The van der Waals surface area contributed by atoms with E-state index in [-0.39, 0.29) is 0 Å². The van der Waals surface area contributed by atoms with E-state index in [1.807, 2.05) is 6.20 Å². The fourth-order valence-corrected chi connectivity index (χ4v) is 3.38. The molecule has 1 nitrogen and oxygen atoms in total. The average molecular weight is 285 g/mol. The molecule has 1 aromatic rings. The van der Waals surface area contributed by atoms with Crippen LogP contribution in [-0.4, -0.2) is 4.98 Å². The van der Waals surface area contributed by atoms with E-state index in [0.717, 1.165) is 10.9 Å². The molecule has 0 fully saturated rings. The molecular weight excluding hydrogens is 273 g/mol.